The fraction of sp³-hybridized carbons (Fsp3) is 0.500. The second-order valence-corrected chi connectivity index (χ2v) is 6.30. The van der Waals surface area contributed by atoms with Gasteiger partial charge in [0.05, 0.1) is 17.6 Å². The highest BCUT2D eigenvalue weighted by molar-refractivity contribution is 7.89. The molecule has 19 heavy (non-hydrogen) atoms. The number of ether oxygens (including phenoxy) is 1. The molecule has 0 aliphatic carbocycles. The first kappa shape index (κ1) is 16.4. The third-order valence-electron chi connectivity index (χ3n) is 2.64. The van der Waals surface area contributed by atoms with Crippen LogP contribution in [0.1, 0.15) is 12.0 Å². The monoisotopic (exact) mass is 307 g/mol. The molecule has 0 aromatic heterocycles. The van der Waals surface area contributed by atoms with E-state index in [9.17, 15) is 13.5 Å². The lowest BCUT2D eigenvalue weighted by Crippen LogP contribution is -2.29. The Kier molecular flexibility index (Phi) is 6.22. The van der Waals surface area contributed by atoms with Gasteiger partial charge in [-0.1, -0.05) is 17.7 Å². The molecule has 0 saturated heterocycles. The molecule has 108 valence electrons. The summed E-state index contributed by atoms with van der Waals surface area (Å²) in [5.74, 6) is 0. The Hall–Kier alpha value is -0.660. The van der Waals surface area contributed by atoms with Crippen molar-refractivity contribution in [3.63, 3.8) is 0 Å². The molecular formula is C12H18ClNO4S. The van der Waals surface area contributed by atoms with Gasteiger partial charge in [-0.15, -0.1) is 0 Å². The molecule has 7 heteroatoms. The first-order valence-electron chi connectivity index (χ1n) is 5.80. The molecule has 1 rings (SSSR count). The minimum Gasteiger partial charge on any atom is -0.391 e. The summed E-state index contributed by atoms with van der Waals surface area (Å²) < 4.78 is 31.3. The van der Waals surface area contributed by atoms with E-state index in [1.54, 1.807) is 19.1 Å². The van der Waals surface area contributed by atoms with Gasteiger partial charge in [0, 0.05) is 18.7 Å². The van der Waals surface area contributed by atoms with Gasteiger partial charge in [0.2, 0.25) is 10.0 Å². The lowest BCUT2D eigenvalue weighted by Gasteiger charge is -2.12. The van der Waals surface area contributed by atoms with E-state index in [2.05, 4.69) is 4.72 Å². The minimum absolute atomic E-state index is 0.138. The Morgan fingerprint density at radius 1 is 1.47 bits per heavy atom. The Labute approximate surface area is 118 Å². The maximum atomic E-state index is 12.1. The molecular weight excluding hydrogens is 290 g/mol. The van der Waals surface area contributed by atoms with Crippen LogP contribution in [0, 0.1) is 6.92 Å². The summed E-state index contributed by atoms with van der Waals surface area (Å²) in [6.45, 7) is 1.97. The molecule has 2 N–H and O–H groups in total. The SMILES string of the molecule is COCC(O)CCNS(=O)(=O)c1cccc(Cl)c1C. The van der Waals surface area contributed by atoms with Crippen molar-refractivity contribution >= 4 is 21.6 Å². The molecule has 1 unspecified atom stereocenters. The predicted octanol–water partition coefficient (Wildman–Crippen LogP) is 1.32. The van der Waals surface area contributed by atoms with Gasteiger partial charge in [-0.2, -0.15) is 0 Å². The van der Waals surface area contributed by atoms with Crippen molar-refractivity contribution in [1.29, 1.82) is 0 Å². The molecule has 0 fully saturated rings. The second-order valence-electron chi connectivity index (χ2n) is 4.16. The van der Waals surface area contributed by atoms with Crippen molar-refractivity contribution in [2.24, 2.45) is 0 Å². The van der Waals surface area contributed by atoms with Crippen molar-refractivity contribution in [3.8, 4) is 0 Å². The average molecular weight is 308 g/mol. The number of aliphatic hydroxyl groups excluding tert-OH is 1. The average Bonchev–Trinajstić information content (AvgIpc) is 2.32. The van der Waals surface area contributed by atoms with Crippen LogP contribution < -0.4 is 4.72 Å². The molecule has 0 bridgehead atoms. The Bertz CT molecular complexity index is 518. The van der Waals surface area contributed by atoms with Crippen molar-refractivity contribution in [3.05, 3.63) is 28.8 Å². The van der Waals surface area contributed by atoms with Crippen LogP contribution in [-0.4, -0.2) is 39.9 Å². The van der Waals surface area contributed by atoms with Gasteiger partial charge >= 0.3 is 0 Å². The molecule has 0 aliphatic heterocycles. The Balaban J connectivity index is 2.69. The van der Waals surface area contributed by atoms with Gasteiger partial charge in [0.25, 0.3) is 0 Å². The molecule has 0 amide bonds. The smallest absolute Gasteiger partial charge is 0.240 e. The Morgan fingerprint density at radius 3 is 2.79 bits per heavy atom. The first-order valence-corrected chi connectivity index (χ1v) is 7.66. The normalized spacial score (nSPS) is 13.5. The van der Waals surface area contributed by atoms with Gasteiger partial charge in [-0.25, -0.2) is 13.1 Å². The van der Waals surface area contributed by atoms with Crippen LogP contribution in [0.25, 0.3) is 0 Å². The van der Waals surface area contributed by atoms with Gasteiger partial charge in [0.1, 0.15) is 0 Å². The van der Waals surface area contributed by atoms with Gasteiger partial charge in [-0.05, 0) is 31.0 Å². The van der Waals surface area contributed by atoms with E-state index in [1.165, 1.54) is 13.2 Å². The zero-order valence-electron chi connectivity index (χ0n) is 10.9. The van der Waals surface area contributed by atoms with Crippen molar-refractivity contribution < 1.29 is 18.3 Å². The van der Waals surface area contributed by atoms with Crippen molar-refractivity contribution in [2.75, 3.05) is 20.3 Å². The molecule has 5 nitrogen and oxygen atoms in total. The number of nitrogens with one attached hydrogen (secondary N) is 1. The third kappa shape index (κ3) is 4.74. The lowest BCUT2D eigenvalue weighted by molar-refractivity contribution is 0.0603. The number of methoxy groups -OCH3 is 1. The first-order chi connectivity index (χ1) is 8.88. The van der Waals surface area contributed by atoms with E-state index < -0.39 is 16.1 Å². The standard InChI is InChI=1S/C12H18ClNO4S/c1-9-11(13)4-3-5-12(9)19(16,17)14-7-6-10(15)8-18-2/h3-5,10,14-15H,6-8H2,1-2H3. The fourth-order valence-electron chi connectivity index (χ4n) is 1.59. The molecule has 1 aromatic rings. The zero-order chi connectivity index (χ0) is 14.5. The summed E-state index contributed by atoms with van der Waals surface area (Å²) in [6.07, 6.45) is -0.402. The number of rotatable bonds is 7. The van der Waals surface area contributed by atoms with Crippen LogP contribution in [-0.2, 0) is 14.8 Å². The predicted molar refractivity (Wildman–Crippen MR) is 73.9 cm³/mol. The maximum Gasteiger partial charge on any atom is 0.240 e. The summed E-state index contributed by atoms with van der Waals surface area (Å²) in [6, 6.07) is 4.72. The van der Waals surface area contributed by atoms with Crippen LogP contribution in [0.15, 0.2) is 23.1 Å². The van der Waals surface area contributed by atoms with Crippen LogP contribution in [0.5, 0.6) is 0 Å². The third-order valence-corrected chi connectivity index (χ3v) is 4.65. The molecule has 1 aromatic carbocycles. The van der Waals surface area contributed by atoms with Crippen LogP contribution in [0.3, 0.4) is 0 Å². The summed E-state index contributed by atoms with van der Waals surface area (Å²) in [7, 11) is -2.14. The molecule has 0 saturated carbocycles. The van der Waals surface area contributed by atoms with Crippen LogP contribution >= 0.6 is 11.6 Å². The summed E-state index contributed by atoms with van der Waals surface area (Å²) in [5, 5.41) is 9.84. The molecule has 1 atom stereocenters. The zero-order valence-corrected chi connectivity index (χ0v) is 12.5. The van der Waals surface area contributed by atoms with Gasteiger partial charge in [-0.3, -0.25) is 0 Å². The molecule has 0 spiro atoms. The topological polar surface area (TPSA) is 75.6 Å². The quantitative estimate of drug-likeness (QED) is 0.797. The summed E-state index contributed by atoms with van der Waals surface area (Å²) in [5.41, 5.74) is 0.508. The minimum atomic E-state index is -3.61. The van der Waals surface area contributed by atoms with Gasteiger partial charge < -0.3 is 9.84 Å². The van der Waals surface area contributed by atoms with E-state index in [4.69, 9.17) is 16.3 Å². The number of hydrogen-bond acceptors (Lipinski definition) is 4. The van der Waals surface area contributed by atoms with E-state index in [0.717, 1.165) is 0 Å². The highest BCUT2D eigenvalue weighted by Crippen LogP contribution is 2.22. The summed E-state index contributed by atoms with van der Waals surface area (Å²) >= 11 is 5.90. The highest BCUT2D eigenvalue weighted by Gasteiger charge is 2.18. The van der Waals surface area contributed by atoms with Crippen LogP contribution in [0.2, 0.25) is 5.02 Å². The van der Waals surface area contributed by atoms with E-state index in [-0.39, 0.29) is 24.5 Å². The molecule has 0 aliphatic rings. The number of sulfonamides is 1. The Morgan fingerprint density at radius 2 is 2.16 bits per heavy atom. The van der Waals surface area contributed by atoms with E-state index in [1.807, 2.05) is 0 Å². The van der Waals surface area contributed by atoms with E-state index in [0.29, 0.717) is 10.6 Å². The number of halogens is 1. The number of benzene rings is 1. The highest BCUT2D eigenvalue weighted by atomic mass is 35.5. The second kappa shape index (κ2) is 7.21. The molecule has 0 heterocycles. The lowest BCUT2D eigenvalue weighted by atomic mass is 10.2. The van der Waals surface area contributed by atoms with Crippen molar-refractivity contribution in [2.45, 2.75) is 24.3 Å². The van der Waals surface area contributed by atoms with Crippen molar-refractivity contribution in [1.82, 2.24) is 4.72 Å². The van der Waals surface area contributed by atoms with Gasteiger partial charge in [0.15, 0.2) is 0 Å². The number of hydrogen-bond donors (Lipinski definition) is 2. The van der Waals surface area contributed by atoms with E-state index >= 15 is 0 Å². The largest absolute Gasteiger partial charge is 0.391 e. The number of aliphatic hydroxyl groups is 1. The maximum absolute atomic E-state index is 12.1. The summed E-state index contributed by atoms with van der Waals surface area (Å²) in [4.78, 5) is 0.154. The fourth-order valence-corrected chi connectivity index (χ4v) is 3.14. The van der Waals surface area contributed by atoms with Crippen LogP contribution in [0.4, 0.5) is 0 Å². The molecule has 0 radical (unpaired) electrons.